The van der Waals surface area contributed by atoms with Crippen molar-refractivity contribution < 1.29 is 9.90 Å². The summed E-state index contributed by atoms with van der Waals surface area (Å²) < 4.78 is 0. The Balaban J connectivity index is 2.71. The number of carboxylic acids is 1. The third-order valence-corrected chi connectivity index (χ3v) is 3.39. The van der Waals surface area contributed by atoms with Gasteiger partial charge in [-0.3, -0.25) is 4.79 Å². The van der Waals surface area contributed by atoms with Crippen LogP contribution in [0.1, 0.15) is 42.5 Å². The maximum Gasteiger partial charge on any atom is 0.308 e. The molecule has 0 aliphatic carbocycles. The fourth-order valence-electron chi connectivity index (χ4n) is 1.38. The van der Waals surface area contributed by atoms with Gasteiger partial charge in [0, 0.05) is 17.0 Å². The molecule has 0 bridgehead atoms. The van der Waals surface area contributed by atoms with Gasteiger partial charge < -0.3 is 5.11 Å². The summed E-state index contributed by atoms with van der Waals surface area (Å²) in [6.45, 7) is 4.26. The van der Waals surface area contributed by atoms with E-state index in [4.69, 9.17) is 5.11 Å². The number of hydrogen-bond acceptors (Lipinski definition) is 3. The Kier molecular flexibility index (Phi) is 4.07. The smallest absolute Gasteiger partial charge is 0.308 e. The van der Waals surface area contributed by atoms with Crippen molar-refractivity contribution in [2.45, 2.75) is 39.0 Å². The topological polar surface area (TPSA) is 50.2 Å². The van der Waals surface area contributed by atoms with E-state index in [1.165, 1.54) is 11.3 Å². The standard InChI is InChI=1S/C10H15NO2S/c1-3-7(4-2)10-11-6-8(14-10)5-9(12)13/h6-7H,3-5H2,1-2H3,(H,12,13). The molecule has 0 saturated heterocycles. The van der Waals surface area contributed by atoms with Crippen molar-refractivity contribution in [1.29, 1.82) is 0 Å². The van der Waals surface area contributed by atoms with Crippen LogP contribution in [0.3, 0.4) is 0 Å². The monoisotopic (exact) mass is 213 g/mol. The zero-order chi connectivity index (χ0) is 10.6. The molecule has 0 atom stereocenters. The van der Waals surface area contributed by atoms with Gasteiger partial charge in [-0.05, 0) is 12.8 Å². The van der Waals surface area contributed by atoms with E-state index in [9.17, 15) is 4.79 Å². The van der Waals surface area contributed by atoms with Gasteiger partial charge in [0.15, 0.2) is 0 Å². The maximum atomic E-state index is 10.5. The molecule has 0 amide bonds. The van der Waals surface area contributed by atoms with Crippen LogP contribution in [0.15, 0.2) is 6.20 Å². The Morgan fingerprint density at radius 1 is 1.57 bits per heavy atom. The molecule has 1 aromatic heterocycles. The van der Waals surface area contributed by atoms with Crippen LogP contribution < -0.4 is 0 Å². The average molecular weight is 213 g/mol. The molecule has 1 aromatic rings. The highest BCUT2D eigenvalue weighted by Gasteiger charge is 2.12. The molecular weight excluding hydrogens is 198 g/mol. The van der Waals surface area contributed by atoms with Crippen LogP contribution in [0.2, 0.25) is 0 Å². The van der Waals surface area contributed by atoms with Crippen molar-refractivity contribution in [3.05, 3.63) is 16.1 Å². The molecule has 3 nitrogen and oxygen atoms in total. The first-order valence-electron chi connectivity index (χ1n) is 4.83. The van der Waals surface area contributed by atoms with Gasteiger partial charge in [0.05, 0.1) is 11.4 Å². The predicted octanol–water partition coefficient (Wildman–Crippen LogP) is 2.67. The second-order valence-electron chi connectivity index (χ2n) is 3.25. The van der Waals surface area contributed by atoms with Crippen molar-refractivity contribution in [2.24, 2.45) is 0 Å². The van der Waals surface area contributed by atoms with E-state index in [1.807, 2.05) is 0 Å². The van der Waals surface area contributed by atoms with Gasteiger partial charge >= 0.3 is 5.97 Å². The van der Waals surface area contributed by atoms with Gasteiger partial charge in [0.2, 0.25) is 0 Å². The van der Waals surface area contributed by atoms with Crippen molar-refractivity contribution in [2.75, 3.05) is 0 Å². The summed E-state index contributed by atoms with van der Waals surface area (Å²) in [7, 11) is 0. The summed E-state index contributed by atoms with van der Waals surface area (Å²) in [5, 5.41) is 9.68. The molecule has 0 saturated carbocycles. The summed E-state index contributed by atoms with van der Waals surface area (Å²) in [6.07, 6.45) is 3.91. The van der Waals surface area contributed by atoms with Crippen LogP contribution in [0.25, 0.3) is 0 Å². The van der Waals surface area contributed by atoms with Crippen LogP contribution in [0.5, 0.6) is 0 Å². The zero-order valence-electron chi connectivity index (χ0n) is 8.49. The fourth-order valence-corrected chi connectivity index (χ4v) is 2.56. The highest BCUT2D eigenvalue weighted by molar-refractivity contribution is 7.11. The fraction of sp³-hybridized carbons (Fsp3) is 0.600. The number of carboxylic acid groups (broad SMARTS) is 1. The molecule has 0 aliphatic heterocycles. The van der Waals surface area contributed by atoms with Crippen LogP contribution in [-0.4, -0.2) is 16.1 Å². The van der Waals surface area contributed by atoms with Crippen molar-refractivity contribution in [1.82, 2.24) is 4.98 Å². The lowest BCUT2D eigenvalue weighted by atomic mass is 10.1. The zero-order valence-corrected chi connectivity index (χ0v) is 9.30. The maximum absolute atomic E-state index is 10.5. The lowest BCUT2D eigenvalue weighted by Crippen LogP contribution is -1.97. The molecule has 1 N–H and O–H groups in total. The highest BCUT2D eigenvalue weighted by Crippen LogP contribution is 2.27. The van der Waals surface area contributed by atoms with E-state index in [-0.39, 0.29) is 6.42 Å². The van der Waals surface area contributed by atoms with Crippen LogP contribution in [0.4, 0.5) is 0 Å². The lowest BCUT2D eigenvalue weighted by Gasteiger charge is -2.06. The van der Waals surface area contributed by atoms with Crippen LogP contribution in [0, 0.1) is 0 Å². The molecule has 0 unspecified atom stereocenters. The Morgan fingerprint density at radius 3 is 2.71 bits per heavy atom. The summed E-state index contributed by atoms with van der Waals surface area (Å²) in [4.78, 5) is 15.6. The minimum atomic E-state index is -0.787. The van der Waals surface area contributed by atoms with Gasteiger partial charge in [0.1, 0.15) is 0 Å². The third-order valence-electron chi connectivity index (χ3n) is 2.23. The van der Waals surface area contributed by atoms with E-state index < -0.39 is 5.97 Å². The minimum Gasteiger partial charge on any atom is -0.481 e. The molecular formula is C10H15NO2S. The molecule has 0 fully saturated rings. The first-order chi connectivity index (χ1) is 6.67. The summed E-state index contributed by atoms with van der Waals surface area (Å²) in [6, 6.07) is 0. The molecule has 0 spiro atoms. The van der Waals surface area contributed by atoms with E-state index in [2.05, 4.69) is 18.8 Å². The highest BCUT2D eigenvalue weighted by atomic mass is 32.1. The first-order valence-corrected chi connectivity index (χ1v) is 5.65. The second-order valence-corrected chi connectivity index (χ2v) is 4.40. The molecule has 14 heavy (non-hydrogen) atoms. The summed E-state index contributed by atoms with van der Waals surface area (Å²) in [5.41, 5.74) is 0. The number of aliphatic carboxylic acids is 1. The molecule has 0 aliphatic rings. The number of nitrogens with zero attached hydrogens (tertiary/aromatic N) is 1. The van der Waals surface area contributed by atoms with E-state index in [0.29, 0.717) is 5.92 Å². The first kappa shape index (κ1) is 11.2. The summed E-state index contributed by atoms with van der Waals surface area (Å²) >= 11 is 1.53. The number of rotatable bonds is 5. The number of thiazole rings is 1. The molecule has 1 heterocycles. The van der Waals surface area contributed by atoms with E-state index in [0.717, 1.165) is 22.7 Å². The SMILES string of the molecule is CCC(CC)c1ncc(CC(=O)O)s1. The van der Waals surface area contributed by atoms with Gasteiger partial charge in [-0.25, -0.2) is 4.98 Å². The normalized spacial score (nSPS) is 10.8. The van der Waals surface area contributed by atoms with Crippen molar-refractivity contribution in [3.63, 3.8) is 0 Å². The minimum absolute atomic E-state index is 0.0951. The molecule has 0 aromatic carbocycles. The predicted molar refractivity (Wildman–Crippen MR) is 56.8 cm³/mol. The average Bonchev–Trinajstić information content (AvgIpc) is 2.54. The van der Waals surface area contributed by atoms with Gasteiger partial charge in [-0.1, -0.05) is 13.8 Å². The van der Waals surface area contributed by atoms with Crippen molar-refractivity contribution in [3.8, 4) is 0 Å². The largest absolute Gasteiger partial charge is 0.481 e. The second kappa shape index (κ2) is 5.10. The van der Waals surface area contributed by atoms with Gasteiger partial charge in [-0.2, -0.15) is 0 Å². The van der Waals surface area contributed by atoms with E-state index in [1.54, 1.807) is 6.20 Å². The van der Waals surface area contributed by atoms with E-state index >= 15 is 0 Å². The van der Waals surface area contributed by atoms with Gasteiger partial charge in [-0.15, -0.1) is 11.3 Å². The Labute approximate surface area is 87.8 Å². The van der Waals surface area contributed by atoms with Crippen LogP contribution in [-0.2, 0) is 11.2 Å². The Bertz CT molecular complexity index is 305. The molecule has 0 radical (unpaired) electrons. The number of hydrogen-bond donors (Lipinski definition) is 1. The van der Waals surface area contributed by atoms with Crippen LogP contribution >= 0.6 is 11.3 Å². The Morgan fingerprint density at radius 2 is 2.21 bits per heavy atom. The number of carbonyl (C=O) groups is 1. The quantitative estimate of drug-likeness (QED) is 0.818. The lowest BCUT2D eigenvalue weighted by molar-refractivity contribution is -0.136. The summed E-state index contributed by atoms with van der Waals surface area (Å²) in [5.74, 6) is -0.299. The molecule has 78 valence electrons. The van der Waals surface area contributed by atoms with Crippen molar-refractivity contribution >= 4 is 17.3 Å². The van der Waals surface area contributed by atoms with Gasteiger partial charge in [0.25, 0.3) is 0 Å². The molecule has 1 rings (SSSR count). The third kappa shape index (κ3) is 2.80. The number of aromatic nitrogens is 1. The molecule has 4 heteroatoms. The Hall–Kier alpha value is -0.900.